The predicted octanol–water partition coefficient (Wildman–Crippen LogP) is 4.93. The molecule has 2 nitrogen and oxygen atoms in total. The van der Waals surface area contributed by atoms with E-state index in [-0.39, 0.29) is 5.79 Å². The lowest BCUT2D eigenvalue weighted by molar-refractivity contribution is -0.267. The van der Waals surface area contributed by atoms with Crippen LogP contribution in [0.15, 0.2) is 30.3 Å². The third kappa shape index (κ3) is 4.54. The zero-order valence-corrected chi connectivity index (χ0v) is 12.1. The molecule has 1 unspecified atom stereocenters. The molecule has 0 aliphatic carbocycles. The second kappa shape index (κ2) is 7.54. The van der Waals surface area contributed by atoms with Crippen LogP contribution < -0.4 is 4.74 Å². The Morgan fingerprint density at radius 2 is 1.74 bits per heavy atom. The van der Waals surface area contributed by atoms with E-state index < -0.39 is 0 Å². The van der Waals surface area contributed by atoms with Crippen molar-refractivity contribution in [3.63, 3.8) is 0 Å². The van der Waals surface area contributed by atoms with Crippen LogP contribution in [0.3, 0.4) is 0 Å². The molecule has 0 amide bonds. The standard InChI is InChI=1S/C17H26O2/c1-2-3-4-5-6-10-13-17(14-15-18-17)19-16-11-8-7-9-12-16/h7-9,11-12H,2-6,10,13-15H2,1H3. The van der Waals surface area contributed by atoms with Crippen molar-refractivity contribution >= 4 is 0 Å². The van der Waals surface area contributed by atoms with E-state index >= 15 is 0 Å². The van der Waals surface area contributed by atoms with Gasteiger partial charge in [-0.3, -0.25) is 0 Å². The van der Waals surface area contributed by atoms with Crippen LogP contribution in [0, 0.1) is 0 Å². The molecule has 0 radical (unpaired) electrons. The van der Waals surface area contributed by atoms with Gasteiger partial charge in [0, 0.05) is 12.8 Å². The van der Waals surface area contributed by atoms with Gasteiger partial charge < -0.3 is 9.47 Å². The average Bonchev–Trinajstić information content (AvgIpc) is 2.41. The van der Waals surface area contributed by atoms with Crippen LogP contribution in [0.5, 0.6) is 5.75 Å². The van der Waals surface area contributed by atoms with Gasteiger partial charge in [-0.15, -0.1) is 0 Å². The van der Waals surface area contributed by atoms with Gasteiger partial charge in [0.15, 0.2) is 0 Å². The quantitative estimate of drug-likeness (QED) is 0.587. The molecule has 2 rings (SSSR count). The van der Waals surface area contributed by atoms with Crippen LogP contribution in [0.25, 0.3) is 0 Å². The fraction of sp³-hybridized carbons (Fsp3) is 0.647. The van der Waals surface area contributed by atoms with Crippen molar-refractivity contribution in [2.45, 2.75) is 64.1 Å². The molecule has 1 fully saturated rings. The predicted molar refractivity (Wildman–Crippen MR) is 78.4 cm³/mol. The van der Waals surface area contributed by atoms with Crippen LogP contribution in [-0.2, 0) is 4.74 Å². The first kappa shape index (κ1) is 14.4. The number of benzene rings is 1. The van der Waals surface area contributed by atoms with E-state index in [0.717, 1.165) is 25.2 Å². The summed E-state index contributed by atoms with van der Waals surface area (Å²) in [5, 5.41) is 0. The summed E-state index contributed by atoms with van der Waals surface area (Å²) in [6, 6.07) is 10.0. The molecular formula is C17H26O2. The van der Waals surface area contributed by atoms with Gasteiger partial charge in [0.1, 0.15) is 5.75 Å². The molecule has 19 heavy (non-hydrogen) atoms. The van der Waals surface area contributed by atoms with Gasteiger partial charge in [0.05, 0.1) is 6.61 Å². The smallest absolute Gasteiger partial charge is 0.212 e. The Morgan fingerprint density at radius 3 is 2.37 bits per heavy atom. The molecule has 2 heteroatoms. The van der Waals surface area contributed by atoms with E-state index in [1.165, 1.54) is 38.5 Å². The summed E-state index contributed by atoms with van der Waals surface area (Å²) in [4.78, 5) is 0. The van der Waals surface area contributed by atoms with E-state index in [1.54, 1.807) is 0 Å². The summed E-state index contributed by atoms with van der Waals surface area (Å²) in [6.45, 7) is 3.09. The number of unbranched alkanes of at least 4 members (excludes halogenated alkanes) is 5. The first-order valence-electron chi connectivity index (χ1n) is 7.73. The largest absolute Gasteiger partial charge is 0.462 e. The van der Waals surface area contributed by atoms with Gasteiger partial charge in [-0.2, -0.15) is 0 Å². The molecule has 1 atom stereocenters. The molecule has 1 aliphatic rings. The maximum absolute atomic E-state index is 6.04. The van der Waals surface area contributed by atoms with Crippen molar-refractivity contribution in [3.05, 3.63) is 30.3 Å². The van der Waals surface area contributed by atoms with Crippen molar-refractivity contribution < 1.29 is 9.47 Å². The summed E-state index contributed by atoms with van der Waals surface area (Å²) in [7, 11) is 0. The van der Waals surface area contributed by atoms with Crippen LogP contribution in [0.2, 0.25) is 0 Å². The number of hydrogen-bond acceptors (Lipinski definition) is 2. The molecule has 0 N–H and O–H groups in total. The zero-order valence-electron chi connectivity index (χ0n) is 12.1. The van der Waals surface area contributed by atoms with Crippen LogP contribution in [0.4, 0.5) is 0 Å². The van der Waals surface area contributed by atoms with E-state index in [2.05, 4.69) is 6.92 Å². The SMILES string of the molecule is CCCCCCCCC1(Oc2ccccc2)CCO1. The highest BCUT2D eigenvalue weighted by molar-refractivity contribution is 5.21. The van der Waals surface area contributed by atoms with E-state index in [1.807, 2.05) is 30.3 Å². The van der Waals surface area contributed by atoms with Crippen LogP contribution >= 0.6 is 0 Å². The first-order chi connectivity index (χ1) is 9.35. The van der Waals surface area contributed by atoms with Crippen molar-refractivity contribution in [2.24, 2.45) is 0 Å². The minimum Gasteiger partial charge on any atom is -0.462 e. The topological polar surface area (TPSA) is 18.5 Å². The van der Waals surface area contributed by atoms with Crippen molar-refractivity contribution in [3.8, 4) is 5.75 Å². The second-order valence-corrected chi connectivity index (χ2v) is 5.44. The summed E-state index contributed by atoms with van der Waals surface area (Å²) in [5.41, 5.74) is 0. The third-order valence-corrected chi connectivity index (χ3v) is 3.81. The van der Waals surface area contributed by atoms with Crippen LogP contribution in [-0.4, -0.2) is 12.4 Å². The Bertz CT molecular complexity index is 344. The van der Waals surface area contributed by atoms with Gasteiger partial charge in [0.2, 0.25) is 5.79 Å². The molecule has 0 saturated carbocycles. The number of hydrogen-bond donors (Lipinski definition) is 0. The number of ether oxygens (including phenoxy) is 2. The number of rotatable bonds is 9. The van der Waals surface area contributed by atoms with Crippen molar-refractivity contribution in [1.29, 1.82) is 0 Å². The van der Waals surface area contributed by atoms with Gasteiger partial charge in [-0.1, -0.05) is 57.2 Å². The molecule has 1 heterocycles. The van der Waals surface area contributed by atoms with E-state index in [0.29, 0.717) is 0 Å². The Balaban J connectivity index is 1.70. The zero-order chi connectivity index (χ0) is 13.4. The highest BCUT2D eigenvalue weighted by atomic mass is 16.7. The number of para-hydroxylation sites is 1. The van der Waals surface area contributed by atoms with Gasteiger partial charge in [-0.05, 0) is 18.6 Å². The second-order valence-electron chi connectivity index (χ2n) is 5.44. The van der Waals surface area contributed by atoms with Crippen molar-refractivity contribution in [1.82, 2.24) is 0 Å². The fourth-order valence-electron chi connectivity index (χ4n) is 2.54. The van der Waals surface area contributed by atoms with Gasteiger partial charge >= 0.3 is 0 Å². The van der Waals surface area contributed by atoms with Crippen molar-refractivity contribution in [2.75, 3.05) is 6.61 Å². The molecule has 1 aliphatic heterocycles. The summed E-state index contributed by atoms with van der Waals surface area (Å²) >= 11 is 0. The maximum atomic E-state index is 6.04. The third-order valence-electron chi connectivity index (χ3n) is 3.81. The fourth-order valence-corrected chi connectivity index (χ4v) is 2.54. The molecule has 1 aromatic carbocycles. The normalized spacial score (nSPS) is 21.9. The lowest BCUT2D eigenvalue weighted by Gasteiger charge is -2.41. The summed E-state index contributed by atoms with van der Waals surface area (Å²) in [5.74, 6) is 0.597. The molecule has 106 valence electrons. The highest BCUT2D eigenvalue weighted by Gasteiger charge is 2.40. The Kier molecular flexibility index (Phi) is 5.71. The van der Waals surface area contributed by atoms with E-state index in [4.69, 9.17) is 9.47 Å². The molecule has 1 saturated heterocycles. The molecule has 0 bridgehead atoms. The minimum atomic E-state index is -0.327. The molecular weight excluding hydrogens is 236 g/mol. The highest BCUT2D eigenvalue weighted by Crippen LogP contribution is 2.34. The van der Waals surface area contributed by atoms with Gasteiger partial charge in [0.25, 0.3) is 0 Å². The lowest BCUT2D eigenvalue weighted by Crippen LogP contribution is -2.48. The Labute approximate surface area is 117 Å². The molecule has 0 aromatic heterocycles. The summed E-state index contributed by atoms with van der Waals surface area (Å²) < 4.78 is 11.8. The molecule has 1 aromatic rings. The monoisotopic (exact) mass is 262 g/mol. The molecule has 0 spiro atoms. The average molecular weight is 262 g/mol. The minimum absolute atomic E-state index is 0.327. The maximum Gasteiger partial charge on any atom is 0.212 e. The van der Waals surface area contributed by atoms with E-state index in [9.17, 15) is 0 Å². The van der Waals surface area contributed by atoms with Gasteiger partial charge in [-0.25, -0.2) is 0 Å². The lowest BCUT2D eigenvalue weighted by atomic mass is 9.99. The first-order valence-corrected chi connectivity index (χ1v) is 7.73. The Morgan fingerprint density at radius 1 is 1.05 bits per heavy atom. The summed E-state index contributed by atoms with van der Waals surface area (Å²) in [6.07, 6.45) is 9.93. The van der Waals surface area contributed by atoms with Crippen LogP contribution in [0.1, 0.15) is 58.3 Å². The Hall–Kier alpha value is -1.02.